The first-order valence-corrected chi connectivity index (χ1v) is 6.71. The third-order valence-corrected chi connectivity index (χ3v) is 3.94. The summed E-state index contributed by atoms with van der Waals surface area (Å²) >= 11 is 0. The van der Waals surface area contributed by atoms with Gasteiger partial charge in [0.05, 0.1) is 11.9 Å². The van der Waals surface area contributed by atoms with Crippen LogP contribution < -0.4 is 4.72 Å². The normalized spacial score (nSPS) is 20.0. The minimum Gasteiger partial charge on any atom is -0.391 e. The highest BCUT2D eigenvalue weighted by Gasteiger charge is 2.30. The van der Waals surface area contributed by atoms with E-state index in [2.05, 4.69) is 4.72 Å². The summed E-state index contributed by atoms with van der Waals surface area (Å²) < 4.78 is 25.2. The van der Waals surface area contributed by atoms with E-state index in [9.17, 15) is 13.5 Å². The smallest absolute Gasteiger partial charge is 0.211 e. The van der Waals surface area contributed by atoms with Gasteiger partial charge in [-0.2, -0.15) is 0 Å². The van der Waals surface area contributed by atoms with Gasteiger partial charge in [-0.05, 0) is 24.7 Å². The first kappa shape index (κ1) is 11.9. The molecule has 0 amide bonds. The van der Waals surface area contributed by atoms with Crippen molar-refractivity contribution in [2.24, 2.45) is 11.8 Å². The summed E-state index contributed by atoms with van der Waals surface area (Å²) in [7, 11) is -3.19. The molecule has 14 heavy (non-hydrogen) atoms. The maximum Gasteiger partial charge on any atom is 0.211 e. The molecule has 0 aromatic carbocycles. The highest BCUT2D eigenvalue weighted by atomic mass is 32.2. The summed E-state index contributed by atoms with van der Waals surface area (Å²) in [4.78, 5) is 0. The van der Waals surface area contributed by atoms with Crippen LogP contribution in [0.1, 0.15) is 26.7 Å². The van der Waals surface area contributed by atoms with Crippen molar-refractivity contribution in [3.63, 3.8) is 0 Å². The minimum absolute atomic E-state index is 0.116. The summed E-state index contributed by atoms with van der Waals surface area (Å²) in [5.41, 5.74) is 0. The van der Waals surface area contributed by atoms with Gasteiger partial charge in [0, 0.05) is 6.54 Å². The topological polar surface area (TPSA) is 66.4 Å². The lowest BCUT2D eigenvalue weighted by Gasteiger charge is -2.12. The second-order valence-corrected chi connectivity index (χ2v) is 6.28. The Morgan fingerprint density at radius 2 is 2.00 bits per heavy atom. The second-order valence-electron chi connectivity index (χ2n) is 4.43. The van der Waals surface area contributed by atoms with Gasteiger partial charge in [0.2, 0.25) is 10.0 Å². The molecule has 0 bridgehead atoms. The van der Waals surface area contributed by atoms with Gasteiger partial charge >= 0.3 is 0 Å². The fourth-order valence-corrected chi connectivity index (χ4v) is 2.78. The fourth-order valence-electron chi connectivity index (χ4n) is 1.36. The van der Waals surface area contributed by atoms with E-state index in [1.165, 1.54) is 0 Å². The maximum absolute atomic E-state index is 11.4. The fraction of sp³-hybridized carbons (Fsp3) is 1.00. The van der Waals surface area contributed by atoms with Gasteiger partial charge in [-0.3, -0.25) is 0 Å². The molecule has 1 rings (SSSR count). The number of rotatable bonds is 6. The number of aliphatic hydroxyl groups is 1. The van der Waals surface area contributed by atoms with E-state index < -0.39 is 16.1 Å². The van der Waals surface area contributed by atoms with Gasteiger partial charge in [0.25, 0.3) is 0 Å². The molecule has 1 atom stereocenters. The molecular weight excluding hydrogens is 202 g/mol. The number of nitrogens with one attached hydrogen (secondary N) is 1. The Balaban J connectivity index is 2.28. The molecule has 5 heteroatoms. The van der Waals surface area contributed by atoms with Crippen molar-refractivity contribution in [3.8, 4) is 0 Å². The molecule has 84 valence electrons. The van der Waals surface area contributed by atoms with Crippen LogP contribution in [0.3, 0.4) is 0 Å². The zero-order chi connectivity index (χ0) is 10.8. The van der Waals surface area contributed by atoms with Crippen LogP contribution in [-0.4, -0.2) is 31.9 Å². The molecular formula is C9H19NO3S. The summed E-state index contributed by atoms with van der Waals surface area (Å²) in [6.07, 6.45) is 1.54. The van der Waals surface area contributed by atoms with Crippen molar-refractivity contribution in [2.75, 3.05) is 12.3 Å². The Hall–Kier alpha value is -0.130. The molecule has 0 aromatic rings. The first-order chi connectivity index (χ1) is 6.41. The van der Waals surface area contributed by atoms with Crippen LogP contribution in [0.25, 0.3) is 0 Å². The van der Waals surface area contributed by atoms with Crippen LogP contribution in [0.5, 0.6) is 0 Å². The standard InChI is InChI=1S/C9H19NO3S/c1-7(2)6-14(12,13)10-5-9(11)8-3-4-8/h7-11H,3-6H2,1-2H3. The van der Waals surface area contributed by atoms with Gasteiger partial charge in [0.1, 0.15) is 0 Å². The minimum atomic E-state index is -3.19. The third-order valence-electron chi connectivity index (χ3n) is 2.23. The lowest BCUT2D eigenvalue weighted by molar-refractivity contribution is 0.155. The highest BCUT2D eigenvalue weighted by Crippen LogP contribution is 2.32. The predicted octanol–water partition coefficient (Wildman–Crippen LogP) is 0.333. The molecule has 0 aromatic heterocycles. The molecule has 0 radical (unpaired) electrons. The lowest BCUT2D eigenvalue weighted by atomic mass is 10.2. The van der Waals surface area contributed by atoms with Crippen molar-refractivity contribution in [3.05, 3.63) is 0 Å². The van der Waals surface area contributed by atoms with Crippen LogP contribution in [0.4, 0.5) is 0 Å². The SMILES string of the molecule is CC(C)CS(=O)(=O)NCC(O)C1CC1. The van der Waals surface area contributed by atoms with Crippen LogP contribution in [0.2, 0.25) is 0 Å². The molecule has 1 fully saturated rings. The molecule has 0 heterocycles. The van der Waals surface area contributed by atoms with Crippen molar-refractivity contribution in [2.45, 2.75) is 32.8 Å². The number of hydrogen-bond acceptors (Lipinski definition) is 3. The predicted molar refractivity (Wildman–Crippen MR) is 55.4 cm³/mol. The Labute approximate surface area is 85.8 Å². The molecule has 0 saturated heterocycles. The molecule has 0 spiro atoms. The van der Waals surface area contributed by atoms with E-state index in [0.717, 1.165) is 12.8 Å². The zero-order valence-corrected chi connectivity index (χ0v) is 9.55. The van der Waals surface area contributed by atoms with Crippen molar-refractivity contribution < 1.29 is 13.5 Å². The Morgan fingerprint density at radius 1 is 1.43 bits per heavy atom. The molecule has 1 aliphatic carbocycles. The molecule has 1 aliphatic rings. The summed E-state index contributed by atoms with van der Waals surface area (Å²) in [6, 6.07) is 0. The molecule has 2 N–H and O–H groups in total. The van der Waals surface area contributed by atoms with E-state index >= 15 is 0 Å². The largest absolute Gasteiger partial charge is 0.391 e. The summed E-state index contributed by atoms with van der Waals surface area (Å²) in [5, 5.41) is 9.46. The van der Waals surface area contributed by atoms with Crippen molar-refractivity contribution >= 4 is 10.0 Å². The van der Waals surface area contributed by atoms with Crippen LogP contribution >= 0.6 is 0 Å². The number of aliphatic hydroxyl groups excluding tert-OH is 1. The van der Waals surface area contributed by atoms with Crippen molar-refractivity contribution in [1.82, 2.24) is 4.72 Å². The maximum atomic E-state index is 11.4. The molecule has 4 nitrogen and oxygen atoms in total. The summed E-state index contributed by atoms with van der Waals surface area (Å²) in [6.45, 7) is 3.88. The van der Waals surface area contributed by atoms with Gasteiger partial charge in [-0.25, -0.2) is 13.1 Å². The molecule has 0 aliphatic heterocycles. The zero-order valence-electron chi connectivity index (χ0n) is 8.73. The van der Waals surface area contributed by atoms with Gasteiger partial charge in [-0.1, -0.05) is 13.8 Å². The van der Waals surface area contributed by atoms with Crippen LogP contribution in [0, 0.1) is 11.8 Å². The van der Waals surface area contributed by atoms with E-state index in [0.29, 0.717) is 5.92 Å². The first-order valence-electron chi connectivity index (χ1n) is 5.06. The quantitative estimate of drug-likeness (QED) is 0.679. The van der Waals surface area contributed by atoms with Crippen molar-refractivity contribution in [1.29, 1.82) is 0 Å². The number of sulfonamides is 1. The van der Waals surface area contributed by atoms with E-state index in [4.69, 9.17) is 0 Å². The van der Waals surface area contributed by atoms with Crippen LogP contribution in [-0.2, 0) is 10.0 Å². The van der Waals surface area contributed by atoms with Gasteiger partial charge in [-0.15, -0.1) is 0 Å². The Bertz CT molecular complexity index is 270. The summed E-state index contributed by atoms with van der Waals surface area (Å²) in [5.74, 6) is 0.562. The van der Waals surface area contributed by atoms with Gasteiger partial charge in [0.15, 0.2) is 0 Å². The average Bonchev–Trinajstić information content (AvgIpc) is 2.79. The highest BCUT2D eigenvalue weighted by molar-refractivity contribution is 7.89. The van der Waals surface area contributed by atoms with E-state index in [1.807, 2.05) is 13.8 Å². The third kappa shape index (κ3) is 4.39. The Morgan fingerprint density at radius 3 is 2.43 bits per heavy atom. The monoisotopic (exact) mass is 221 g/mol. The average molecular weight is 221 g/mol. The number of hydrogen-bond donors (Lipinski definition) is 2. The van der Waals surface area contributed by atoms with Crippen LogP contribution in [0.15, 0.2) is 0 Å². The van der Waals surface area contributed by atoms with E-state index in [-0.39, 0.29) is 18.2 Å². The second kappa shape index (κ2) is 4.59. The molecule has 1 saturated carbocycles. The van der Waals surface area contributed by atoms with E-state index in [1.54, 1.807) is 0 Å². The van der Waals surface area contributed by atoms with Gasteiger partial charge < -0.3 is 5.11 Å². The Kier molecular flexibility index (Phi) is 3.92. The molecule has 1 unspecified atom stereocenters. The lowest BCUT2D eigenvalue weighted by Crippen LogP contribution is -2.35.